The summed E-state index contributed by atoms with van der Waals surface area (Å²) in [7, 11) is -4.92. The number of primary sulfonamides is 1. The van der Waals surface area contributed by atoms with Crippen LogP contribution in [0.5, 0.6) is 0 Å². The first-order chi connectivity index (χ1) is 13.9. The van der Waals surface area contributed by atoms with Crippen molar-refractivity contribution in [2.45, 2.75) is 63.7 Å². The summed E-state index contributed by atoms with van der Waals surface area (Å²) in [6.07, 6.45) is 11.5. The number of unbranched alkanes of at least 4 members (excludes halogenated alkanes) is 7. The van der Waals surface area contributed by atoms with Crippen molar-refractivity contribution < 1.29 is 16.8 Å². The largest absolute Gasteiger partial charge is 0.397 e. The molecule has 5 N–H and O–H groups in total. The van der Waals surface area contributed by atoms with E-state index in [1.165, 1.54) is 38.0 Å². The fourth-order valence-corrected chi connectivity index (χ4v) is 5.95. The molecule has 0 radical (unpaired) electrons. The number of nitrogens with zero attached hydrogens (tertiary/aromatic N) is 1. The van der Waals surface area contributed by atoms with Gasteiger partial charge in [-0.25, -0.2) is 26.7 Å². The number of nitrogens with two attached hydrogens (primary N) is 2. The molecule has 0 heterocycles. The van der Waals surface area contributed by atoms with Crippen LogP contribution in [-0.2, 0) is 20.0 Å². The van der Waals surface area contributed by atoms with Gasteiger partial charge in [0, 0.05) is 26.8 Å². The highest BCUT2D eigenvalue weighted by Gasteiger charge is 2.36. The smallest absolute Gasteiger partial charge is 0.242 e. The topological polar surface area (TPSA) is 136 Å². The summed E-state index contributed by atoms with van der Waals surface area (Å²) < 4.78 is 52.1. The van der Waals surface area contributed by atoms with E-state index in [2.05, 4.69) is 11.6 Å². The van der Waals surface area contributed by atoms with E-state index in [9.17, 15) is 16.8 Å². The van der Waals surface area contributed by atoms with Gasteiger partial charge in [0.2, 0.25) is 20.0 Å². The third-order valence-corrected chi connectivity index (χ3v) is 7.85. The van der Waals surface area contributed by atoms with Crippen molar-refractivity contribution in [3.05, 3.63) is 33.4 Å². The molecule has 1 rings (SSSR count). The first kappa shape index (κ1) is 27.0. The fraction of sp³-hybridized carbons (Fsp3) is 0.684. The summed E-state index contributed by atoms with van der Waals surface area (Å²) in [5.74, 6) is 0. The predicted molar refractivity (Wildman–Crippen MR) is 123 cm³/mol. The maximum Gasteiger partial charge on any atom is 0.242 e. The molecule has 0 fully saturated rings. The quantitative estimate of drug-likeness (QED) is 0.272. The molecule has 0 aliphatic heterocycles. The van der Waals surface area contributed by atoms with E-state index < -0.39 is 36.0 Å². The standard InChI is InChI=1S/C19H35ClN4O4S2/c1-4-5-6-7-8-9-10-11-12-23-30(27,28)16-13-15(14-24(2)3)17(20)19(18(16)21)29(22,25)26/h13-14,17,23H,4-12,21H2,1-3H3,(H2,22,25,26). The second kappa shape index (κ2) is 12.1. The van der Waals surface area contributed by atoms with E-state index in [1.54, 1.807) is 19.0 Å². The average Bonchev–Trinajstić information content (AvgIpc) is 2.61. The Morgan fingerprint density at radius 2 is 1.60 bits per heavy atom. The van der Waals surface area contributed by atoms with E-state index in [-0.39, 0.29) is 17.0 Å². The summed E-state index contributed by atoms with van der Waals surface area (Å²) in [5, 5.41) is 4.08. The molecule has 0 spiro atoms. The molecule has 0 aromatic heterocycles. The summed E-state index contributed by atoms with van der Waals surface area (Å²) in [6.45, 7) is 2.41. The number of rotatable bonds is 13. The van der Waals surface area contributed by atoms with Gasteiger partial charge in [-0.05, 0) is 18.1 Å². The van der Waals surface area contributed by atoms with Crippen LogP contribution in [0.2, 0.25) is 0 Å². The first-order valence-electron chi connectivity index (χ1n) is 10.2. The van der Waals surface area contributed by atoms with Crippen LogP contribution in [0, 0.1) is 0 Å². The Hall–Kier alpha value is -1.07. The Balaban J connectivity index is 2.88. The van der Waals surface area contributed by atoms with Gasteiger partial charge in [0.05, 0.1) is 11.1 Å². The maximum absolute atomic E-state index is 12.8. The highest BCUT2D eigenvalue weighted by Crippen LogP contribution is 2.34. The number of nitrogens with one attached hydrogen (secondary N) is 1. The van der Waals surface area contributed by atoms with Gasteiger partial charge in [0.15, 0.2) is 0 Å². The zero-order valence-corrected chi connectivity index (χ0v) is 20.4. The fourth-order valence-electron chi connectivity index (χ4n) is 3.18. The SMILES string of the molecule is CCCCCCCCCCNS(=O)(=O)C1=CC(=CN(C)C)C(Cl)C(S(N)(=O)=O)=C1N. The van der Waals surface area contributed by atoms with Crippen molar-refractivity contribution >= 4 is 31.6 Å². The van der Waals surface area contributed by atoms with Crippen LogP contribution in [0.4, 0.5) is 0 Å². The van der Waals surface area contributed by atoms with Gasteiger partial charge in [-0.1, -0.05) is 51.9 Å². The molecule has 0 amide bonds. The molecule has 0 aromatic rings. The summed E-state index contributed by atoms with van der Waals surface area (Å²) in [4.78, 5) is 0.782. The van der Waals surface area contributed by atoms with E-state index in [0.717, 1.165) is 19.3 Å². The Bertz CT molecular complexity index is 878. The minimum Gasteiger partial charge on any atom is -0.397 e. The van der Waals surface area contributed by atoms with Crippen molar-refractivity contribution in [3.63, 3.8) is 0 Å². The predicted octanol–water partition coefficient (Wildman–Crippen LogP) is 2.46. The third-order valence-electron chi connectivity index (χ3n) is 4.68. The Morgan fingerprint density at radius 1 is 1.07 bits per heavy atom. The monoisotopic (exact) mass is 482 g/mol. The Kier molecular flexibility index (Phi) is 10.9. The molecule has 0 bridgehead atoms. The van der Waals surface area contributed by atoms with Crippen LogP contribution >= 0.6 is 11.6 Å². The molecule has 1 unspecified atom stereocenters. The minimum absolute atomic E-state index is 0.240. The second-order valence-electron chi connectivity index (χ2n) is 7.66. The first-order valence-corrected chi connectivity index (χ1v) is 13.6. The normalized spacial score (nSPS) is 19.3. The number of halogens is 1. The van der Waals surface area contributed by atoms with Gasteiger partial charge in [-0.2, -0.15) is 0 Å². The molecule has 8 nitrogen and oxygen atoms in total. The zero-order chi connectivity index (χ0) is 22.9. The van der Waals surface area contributed by atoms with Crippen molar-refractivity contribution in [2.24, 2.45) is 10.9 Å². The van der Waals surface area contributed by atoms with Crippen LogP contribution in [0.25, 0.3) is 0 Å². The highest BCUT2D eigenvalue weighted by atomic mass is 35.5. The second-order valence-corrected chi connectivity index (χ2v) is 11.4. The minimum atomic E-state index is -4.30. The molecule has 1 aliphatic rings. The molecule has 0 saturated heterocycles. The maximum atomic E-state index is 12.8. The van der Waals surface area contributed by atoms with E-state index in [1.807, 2.05) is 0 Å². The van der Waals surface area contributed by atoms with Gasteiger partial charge < -0.3 is 10.6 Å². The van der Waals surface area contributed by atoms with Crippen LogP contribution in [0.15, 0.2) is 33.4 Å². The van der Waals surface area contributed by atoms with Crippen LogP contribution < -0.4 is 15.6 Å². The van der Waals surface area contributed by atoms with Gasteiger partial charge >= 0.3 is 0 Å². The van der Waals surface area contributed by atoms with E-state index >= 15 is 0 Å². The molecule has 1 aliphatic carbocycles. The van der Waals surface area contributed by atoms with Crippen molar-refractivity contribution in [1.29, 1.82) is 0 Å². The number of alkyl halides is 1. The van der Waals surface area contributed by atoms with Crippen LogP contribution in [0.3, 0.4) is 0 Å². The molecular formula is C19H35ClN4O4S2. The van der Waals surface area contributed by atoms with Gasteiger partial charge in [-0.3, -0.25) is 0 Å². The lowest BCUT2D eigenvalue weighted by Crippen LogP contribution is -2.35. The lowest BCUT2D eigenvalue weighted by molar-refractivity contribution is 0.557. The molecule has 11 heteroatoms. The van der Waals surface area contributed by atoms with Crippen LogP contribution in [-0.4, -0.2) is 47.8 Å². The molecular weight excluding hydrogens is 448 g/mol. The van der Waals surface area contributed by atoms with Gasteiger partial charge in [-0.15, -0.1) is 11.6 Å². The molecule has 30 heavy (non-hydrogen) atoms. The number of allylic oxidation sites excluding steroid dienone is 3. The number of hydrogen-bond acceptors (Lipinski definition) is 6. The summed E-state index contributed by atoms with van der Waals surface area (Å²) in [5.41, 5.74) is 5.72. The number of hydrogen-bond donors (Lipinski definition) is 3. The molecule has 174 valence electrons. The average molecular weight is 483 g/mol. The van der Waals surface area contributed by atoms with Gasteiger partial charge in [0.1, 0.15) is 9.81 Å². The Labute approximate surface area is 186 Å². The lowest BCUT2D eigenvalue weighted by atomic mass is 10.1. The third kappa shape index (κ3) is 8.22. The Morgan fingerprint density at radius 3 is 2.10 bits per heavy atom. The lowest BCUT2D eigenvalue weighted by Gasteiger charge is -2.25. The molecule has 1 atom stereocenters. The van der Waals surface area contributed by atoms with Crippen molar-refractivity contribution in [1.82, 2.24) is 9.62 Å². The van der Waals surface area contributed by atoms with Gasteiger partial charge in [0.25, 0.3) is 0 Å². The van der Waals surface area contributed by atoms with E-state index in [4.69, 9.17) is 22.5 Å². The molecule has 0 saturated carbocycles. The summed E-state index contributed by atoms with van der Waals surface area (Å²) >= 11 is 6.24. The summed E-state index contributed by atoms with van der Waals surface area (Å²) in [6, 6.07) is 0. The number of sulfonamides is 2. The van der Waals surface area contributed by atoms with E-state index in [0.29, 0.717) is 6.42 Å². The van der Waals surface area contributed by atoms with Crippen molar-refractivity contribution in [3.8, 4) is 0 Å². The highest BCUT2D eigenvalue weighted by molar-refractivity contribution is 7.94. The molecule has 0 aromatic carbocycles. The van der Waals surface area contributed by atoms with Crippen molar-refractivity contribution in [2.75, 3.05) is 20.6 Å². The van der Waals surface area contributed by atoms with Crippen LogP contribution in [0.1, 0.15) is 58.3 Å². The zero-order valence-electron chi connectivity index (χ0n) is 18.0.